The van der Waals surface area contributed by atoms with E-state index in [2.05, 4.69) is 13.8 Å². The Bertz CT molecular complexity index is 851. The molecule has 4 fully saturated rings. The lowest BCUT2D eigenvalue weighted by Crippen LogP contribution is -2.52. The first-order chi connectivity index (χ1) is 13.3. The Balaban J connectivity index is 1.54. The number of benzene rings is 1. The molecular weight excluding hydrogens is 358 g/mol. The van der Waals surface area contributed by atoms with Crippen molar-refractivity contribution in [3.05, 3.63) is 33.9 Å². The van der Waals surface area contributed by atoms with Crippen molar-refractivity contribution in [2.75, 3.05) is 0 Å². The summed E-state index contributed by atoms with van der Waals surface area (Å²) in [5.74, 6) is 3.47. The predicted octanol–water partition coefficient (Wildman–Crippen LogP) is 4.77. The van der Waals surface area contributed by atoms with Gasteiger partial charge in [-0.05, 0) is 73.7 Å². The lowest BCUT2D eigenvalue weighted by Gasteiger charge is -2.48. The third-order valence-electron chi connectivity index (χ3n) is 8.50. The van der Waals surface area contributed by atoms with Crippen molar-refractivity contribution in [3.8, 4) is 5.75 Å². The lowest BCUT2D eigenvalue weighted by molar-refractivity contribution is -0.386. The average molecular weight is 385 g/mol. The van der Waals surface area contributed by atoms with Crippen molar-refractivity contribution < 1.29 is 19.6 Å². The van der Waals surface area contributed by atoms with Gasteiger partial charge in [0.1, 0.15) is 5.60 Å². The number of hydrogen-bond donors (Lipinski definition) is 1. The van der Waals surface area contributed by atoms with E-state index in [9.17, 15) is 20.0 Å². The summed E-state index contributed by atoms with van der Waals surface area (Å²) in [5.41, 5.74) is -0.546. The molecule has 0 saturated heterocycles. The Morgan fingerprint density at radius 3 is 2.57 bits per heavy atom. The largest absolute Gasteiger partial charge is 0.480 e. The number of rotatable bonds is 5. The highest BCUT2D eigenvalue weighted by Gasteiger charge is 2.68. The average Bonchev–Trinajstić information content (AvgIpc) is 3.40. The van der Waals surface area contributed by atoms with E-state index in [1.807, 2.05) is 0 Å². The third kappa shape index (κ3) is 2.29. The zero-order valence-corrected chi connectivity index (χ0v) is 16.3. The van der Waals surface area contributed by atoms with Crippen LogP contribution in [0.2, 0.25) is 0 Å². The first-order valence-corrected chi connectivity index (χ1v) is 10.5. The van der Waals surface area contributed by atoms with Crippen molar-refractivity contribution in [2.45, 2.75) is 51.6 Å². The van der Waals surface area contributed by atoms with E-state index in [0.29, 0.717) is 17.8 Å². The first-order valence-electron chi connectivity index (χ1n) is 10.5. The number of carboxylic acid groups (broad SMARTS) is 1. The van der Waals surface area contributed by atoms with Crippen molar-refractivity contribution in [3.63, 3.8) is 0 Å². The SMILES string of the molecule is CC(C)C1(Oc2cc(C(=O)O)ccc2[N+](=O)[O-])CC2CC1C1C3CCC(C3)C21. The monoisotopic (exact) mass is 385 g/mol. The topological polar surface area (TPSA) is 89.7 Å². The maximum atomic E-state index is 11.6. The summed E-state index contributed by atoms with van der Waals surface area (Å²) < 4.78 is 6.55. The number of carboxylic acids is 1. The minimum Gasteiger partial charge on any atom is -0.480 e. The predicted molar refractivity (Wildman–Crippen MR) is 102 cm³/mol. The van der Waals surface area contributed by atoms with Crippen LogP contribution in [0.25, 0.3) is 0 Å². The van der Waals surface area contributed by atoms with E-state index in [1.54, 1.807) is 0 Å². The molecule has 0 radical (unpaired) electrons. The van der Waals surface area contributed by atoms with Crippen LogP contribution in [0.15, 0.2) is 18.2 Å². The number of nitrogens with zero attached hydrogens (tertiary/aromatic N) is 1. The molecule has 0 amide bonds. The molecule has 150 valence electrons. The third-order valence-corrected chi connectivity index (χ3v) is 8.50. The second kappa shape index (κ2) is 5.94. The molecule has 5 rings (SSSR count). The van der Waals surface area contributed by atoms with Crippen LogP contribution >= 0.6 is 0 Å². The van der Waals surface area contributed by atoms with Gasteiger partial charge in [0, 0.05) is 18.1 Å². The van der Waals surface area contributed by atoms with Gasteiger partial charge in [0.25, 0.3) is 0 Å². The summed E-state index contributed by atoms with van der Waals surface area (Å²) in [6.07, 6.45) is 6.14. The number of nitro groups is 1. The van der Waals surface area contributed by atoms with Gasteiger partial charge in [-0.3, -0.25) is 10.1 Å². The molecule has 1 aromatic rings. The van der Waals surface area contributed by atoms with Crippen molar-refractivity contribution in [2.24, 2.45) is 41.4 Å². The van der Waals surface area contributed by atoms with Gasteiger partial charge in [-0.2, -0.15) is 0 Å². The molecule has 4 aliphatic rings. The molecule has 4 aliphatic carbocycles. The van der Waals surface area contributed by atoms with Gasteiger partial charge in [0.2, 0.25) is 0 Å². The summed E-state index contributed by atoms with van der Waals surface area (Å²) >= 11 is 0. The molecule has 0 spiro atoms. The Morgan fingerprint density at radius 1 is 1.21 bits per heavy atom. The molecule has 7 unspecified atom stereocenters. The van der Waals surface area contributed by atoms with Gasteiger partial charge < -0.3 is 9.84 Å². The van der Waals surface area contributed by atoms with E-state index in [4.69, 9.17) is 4.74 Å². The van der Waals surface area contributed by atoms with Crippen LogP contribution in [-0.2, 0) is 0 Å². The highest BCUT2D eigenvalue weighted by molar-refractivity contribution is 5.88. The molecule has 0 aromatic heterocycles. The Kier molecular flexibility index (Phi) is 3.81. The number of aromatic carboxylic acids is 1. The molecular formula is C22H27NO5. The second-order valence-corrected chi connectivity index (χ2v) is 9.75. The minimum atomic E-state index is -1.10. The fraction of sp³-hybridized carbons (Fsp3) is 0.682. The first kappa shape index (κ1) is 18.0. The number of ether oxygens (including phenoxy) is 1. The van der Waals surface area contributed by atoms with Gasteiger partial charge in [0.05, 0.1) is 10.5 Å². The number of nitro benzene ring substituents is 1. The van der Waals surface area contributed by atoms with Crippen LogP contribution < -0.4 is 4.74 Å². The Hall–Kier alpha value is -2.11. The molecule has 6 nitrogen and oxygen atoms in total. The maximum Gasteiger partial charge on any atom is 0.335 e. The van der Waals surface area contributed by atoms with Gasteiger partial charge in [-0.25, -0.2) is 4.79 Å². The van der Waals surface area contributed by atoms with Crippen LogP contribution in [0.4, 0.5) is 5.69 Å². The number of carbonyl (C=O) groups is 1. The van der Waals surface area contributed by atoms with E-state index < -0.39 is 16.5 Å². The quantitative estimate of drug-likeness (QED) is 0.448. The van der Waals surface area contributed by atoms with Crippen molar-refractivity contribution in [1.29, 1.82) is 0 Å². The highest BCUT2D eigenvalue weighted by atomic mass is 16.6. The zero-order chi connectivity index (χ0) is 19.8. The van der Waals surface area contributed by atoms with E-state index in [1.165, 1.54) is 37.5 Å². The molecule has 7 atom stereocenters. The summed E-state index contributed by atoms with van der Waals surface area (Å²) in [6, 6.07) is 3.89. The molecule has 0 aliphatic heterocycles. The van der Waals surface area contributed by atoms with Crippen LogP contribution in [0.1, 0.15) is 56.3 Å². The number of fused-ring (bicyclic) bond motifs is 9. The van der Waals surface area contributed by atoms with Gasteiger partial charge >= 0.3 is 11.7 Å². The minimum absolute atomic E-state index is 0.0282. The van der Waals surface area contributed by atoms with E-state index >= 15 is 0 Å². The summed E-state index contributed by atoms with van der Waals surface area (Å²) in [5, 5.41) is 20.9. The second-order valence-electron chi connectivity index (χ2n) is 9.75. The summed E-state index contributed by atoms with van der Waals surface area (Å²) in [6.45, 7) is 4.30. The molecule has 0 heterocycles. The van der Waals surface area contributed by atoms with E-state index in [0.717, 1.165) is 30.6 Å². The molecule has 6 heteroatoms. The molecule has 1 N–H and O–H groups in total. The van der Waals surface area contributed by atoms with Gasteiger partial charge in [0.15, 0.2) is 5.75 Å². The smallest absolute Gasteiger partial charge is 0.335 e. The Morgan fingerprint density at radius 2 is 1.93 bits per heavy atom. The Labute approximate surface area is 164 Å². The molecule has 28 heavy (non-hydrogen) atoms. The molecule has 4 bridgehead atoms. The molecule has 1 aromatic carbocycles. The number of hydrogen-bond acceptors (Lipinski definition) is 4. The van der Waals surface area contributed by atoms with Crippen LogP contribution in [0.3, 0.4) is 0 Å². The van der Waals surface area contributed by atoms with Crippen molar-refractivity contribution in [1.82, 2.24) is 0 Å². The fourth-order valence-electron chi connectivity index (χ4n) is 7.61. The zero-order valence-electron chi connectivity index (χ0n) is 16.3. The van der Waals surface area contributed by atoms with E-state index in [-0.39, 0.29) is 22.9 Å². The van der Waals surface area contributed by atoms with Crippen LogP contribution in [0, 0.1) is 51.5 Å². The van der Waals surface area contributed by atoms with Crippen molar-refractivity contribution >= 4 is 11.7 Å². The fourth-order valence-corrected chi connectivity index (χ4v) is 7.61. The van der Waals surface area contributed by atoms with Gasteiger partial charge in [-0.1, -0.05) is 13.8 Å². The van der Waals surface area contributed by atoms with Crippen LogP contribution in [-0.4, -0.2) is 21.6 Å². The lowest BCUT2D eigenvalue weighted by atomic mass is 9.63. The normalized spacial score (nSPS) is 40.1. The standard InChI is InChI=1S/C22H27NO5/c1-11(2)22(28-18-9-14(21(24)25)5-6-17(18)23(26)27)10-15-8-16(22)20-13-4-3-12(7-13)19(15)20/h5-6,9,11-13,15-16,19-20H,3-4,7-8,10H2,1-2H3,(H,24,25). The van der Waals surface area contributed by atoms with Gasteiger partial charge in [-0.15, -0.1) is 0 Å². The molecule has 4 saturated carbocycles. The van der Waals surface area contributed by atoms with Crippen LogP contribution in [0.5, 0.6) is 5.75 Å². The summed E-state index contributed by atoms with van der Waals surface area (Å²) in [4.78, 5) is 22.5. The maximum absolute atomic E-state index is 11.6. The summed E-state index contributed by atoms with van der Waals surface area (Å²) in [7, 11) is 0. The highest BCUT2D eigenvalue weighted by Crippen LogP contribution is 2.71.